The molecule has 0 bridgehead atoms. The summed E-state index contributed by atoms with van der Waals surface area (Å²) >= 11 is 0. The standard InChI is InChI=1S/2C15H19NO4.C13H17NO2/c1-10(2)13(17)19-12-8-6-11(7-9-12)16-14(18)20-15(3,4)5;1-10(2)13(17)19-12-8-6-7-11(9-12)16-14(18)20-15(3,4)5;1-5-10-6-8-11(9-7-10)14-12(15)16-13(2,3)4/h2*6-9H,1H2,2-5H3,(H,16,18);5-9H,1H2,2-4H3,(H,14,15). The van der Waals surface area contributed by atoms with Crippen molar-refractivity contribution in [2.24, 2.45) is 0 Å². The summed E-state index contributed by atoms with van der Waals surface area (Å²) < 4.78 is 25.5. The molecule has 0 radical (unpaired) electrons. The van der Waals surface area contributed by atoms with Crippen molar-refractivity contribution in [3.05, 3.63) is 109 Å². The summed E-state index contributed by atoms with van der Waals surface area (Å²) in [5, 5.41) is 7.80. The highest BCUT2D eigenvalue weighted by Gasteiger charge is 2.18. The second-order valence-electron chi connectivity index (χ2n) is 15.1. The highest BCUT2D eigenvalue weighted by molar-refractivity contribution is 5.90. The Hall–Kier alpha value is -6.37. The topological polar surface area (TPSA) is 168 Å². The number of rotatable bonds is 8. The maximum Gasteiger partial charge on any atom is 0.412 e. The number of hydrogen-bond donors (Lipinski definition) is 3. The first-order valence-electron chi connectivity index (χ1n) is 17.4. The van der Waals surface area contributed by atoms with Gasteiger partial charge in [0.1, 0.15) is 28.3 Å². The molecular formula is C43H55N3O10. The van der Waals surface area contributed by atoms with Crippen LogP contribution in [0.4, 0.5) is 31.4 Å². The molecule has 0 unspecified atom stereocenters. The summed E-state index contributed by atoms with van der Waals surface area (Å²) in [5.41, 5.74) is 1.76. The summed E-state index contributed by atoms with van der Waals surface area (Å²) in [6.07, 6.45) is 0.195. The molecular weight excluding hydrogens is 718 g/mol. The van der Waals surface area contributed by atoms with Gasteiger partial charge in [-0.15, -0.1) is 0 Å². The van der Waals surface area contributed by atoms with E-state index in [0.29, 0.717) is 39.7 Å². The van der Waals surface area contributed by atoms with Crippen LogP contribution in [-0.4, -0.2) is 47.0 Å². The van der Waals surface area contributed by atoms with Crippen molar-refractivity contribution in [1.29, 1.82) is 0 Å². The lowest BCUT2D eigenvalue weighted by Gasteiger charge is -2.19. The van der Waals surface area contributed by atoms with Gasteiger partial charge in [0.15, 0.2) is 0 Å². The van der Waals surface area contributed by atoms with E-state index < -0.39 is 47.0 Å². The fourth-order valence-corrected chi connectivity index (χ4v) is 3.60. The van der Waals surface area contributed by atoms with Crippen LogP contribution in [0.25, 0.3) is 6.08 Å². The van der Waals surface area contributed by atoms with Gasteiger partial charge in [0.05, 0.1) is 0 Å². The minimum absolute atomic E-state index is 0.301. The third-order valence-electron chi connectivity index (χ3n) is 5.89. The van der Waals surface area contributed by atoms with Crippen LogP contribution >= 0.6 is 0 Å². The van der Waals surface area contributed by atoms with Crippen LogP contribution in [0.2, 0.25) is 0 Å². The van der Waals surface area contributed by atoms with Crippen molar-refractivity contribution in [3.63, 3.8) is 0 Å². The fraction of sp³-hybridized carbons (Fsp3) is 0.326. The van der Waals surface area contributed by atoms with E-state index in [4.69, 9.17) is 23.7 Å². The molecule has 302 valence electrons. The van der Waals surface area contributed by atoms with Crippen molar-refractivity contribution in [2.45, 2.75) is 93.0 Å². The zero-order chi connectivity index (χ0) is 42.9. The first-order valence-corrected chi connectivity index (χ1v) is 17.4. The van der Waals surface area contributed by atoms with Crippen molar-refractivity contribution in [3.8, 4) is 11.5 Å². The van der Waals surface area contributed by atoms with E-state index >= 15 is 0 Å². The molecule has 13 heteroatoms. The Morgan fingerprint density at radius 1 is 0.518 bits per heavy atom. The number of esters is 2. The van der Waals surface area contributed by atoms with Crippen LogP contribution in [0, 0.1) is 0 Å². The highest BCUT2D eigenvalue weighted by atomic mass is 16.6. The van der Waals surface area contributed by atoms with Gasteiger partial charge >= 0.3 is 30.2 Å². The zero-order valence-electron chi connectivity index (χ0n) is 34.2. The molecule has 0 aliphatic heterocycles. The number of nitrogens with one attached hydrogen (secondary N) is 3. The molecule has 0 aliphatic carbocycles. The van der Waals surface area contributed by atoms with Gasteiger partial charge < -0.3 is 23.7 Å². The summed E-state index contributed by atoms with van der Waals surface area (Å²) in [6, 6.07) is 20.2. The molecule has 0 fully saturated rings. The molecule has 3 amide bonds. The molecule has 3 N–H and O–H groups in total. The summed E-state index contributed by atoms with van der Waals surface area (Å²) in [7, 11) is 0. The van der Waals surface area contributed by atoms with Crippen molar-refractivity contribution >= 4 is 53.4 Å². The molecule has 0 aliphatic rings. The molecule has 0 heterocycles. The summed E-state index contributed by atoms with van der Waals surface area (Å²) in [4.78, 5) is 57.3. The van der Waals surface area contributed by atoms with Crippen molar-refractivity contribution < 1.29 is 47.7 Å². The minimum Gasteiger partial charge on any atom is -0.444 e. The second kappa shape index (κ2) is 21.5. The van der Waals surface area contributed by atoms with Crippen molar-refractivity contribution in [1.82, 2.24) is 0 Å². The molecule has 3 aromatic carbocycles. The van der Waals surface area contributed by atoms with Crippen LogP contribution in [-0.2, 0) is 23.8 Å². The second-order valence-corrected chi connectivity index (χ2v) is 15.1. The Bertz CT molecular complexity index is 1840. The van der Waals surface area contributed by atoms with Crippen LogP contribution in [0.5, 0.6) is 11.5 Å². The average molecular weight is 774 g/mol. The van der Waals surface area contributed by atoms with E-state index in [-0.39, 0.29) is 0 Å². The van der Waals surface area contributed by atoms with E-state index in [1.807, 2.05) is 32.9 Å². The largest absolute Gasteiger partial charge is 0.444 e. The highest BCUT2D eigenvalue weighted by Crippen LogP contribution is 2.20. The molecule has 56 heavy (non-hydrogen) atoms. The van der Waals surface area contributed by atoms with Crippen LogP contribution in [0.15, 0.2) is 104 Å². The first kappa shape index (κ1) is 47.7. The Morgan fingerprint density at radius 3 is 1.23 bits per heavy atom. The number of benzene rings is 3. The number of carbonyl (C=O) groups is 5. The van der Waals surface area contributed by atoms with Crippen LogP contribution in [0.3, 0.4) is 0 Å². The maximum absolute atomic E-state index is 11.6. The van der Waals surface area contributed by atoms with E-state index in [1.54, 1.807) is 116 Å². The number of ether oxygens (including phenoxy) is 5. The molecule has 0 spiro atoms. The van der Waals surface area contributed by atoms with Crippen LogP contribution in [0.1, 0.15) is 81.7 Å². The Balaban J connectivity index is 0.000000423. The third kappa shape index (κ3) is 22.0. The molecule has 3 rings (SSSR count). The predicted octanol–water partition coefficient (Wildman–Crippen LogP) is 10.7. The predicted molar refractivity (Wildman–Crippen MR) is 220 cm³/mol. The number of amides is 3. The van der Waals surface area contributed by atoms with Gasteiger partial charge in [-0.1, -0.05) is 44.0 Å². The van der Waals surface area contributed by atoms with E-state index in [2.05, 4.69) is 35.7 Å². The van der Waals surface area contributed by atoms with Gasteiger partial charge in [-0.25, -0.2) is 24.0 Å². The lowest BCUT2D eigenvalue weighted by Crippen LogP contribution is -2.27. The van der Waals surface area contributed by atoms with Gasteiger partial charge in [0.25, 0.3) is 0 Å². The van der Waals surface area contributed by atoms with Gasteiger partial charge in [-0.05, 0) is 130 Å². The molecule has 0 aromatic heterocycles. The number of anilines is 3. The van der Waals surface area contributed by atoms with Gasteiger partial charge in [-0.2, -0.15) is 0 Å². The monoisotopic (exact) mass is 773 g/mol. The quantitative estimate of drug-likeness (QED) is 0.0867. The SMILES string of the molecule is C=C(C)C(=O)Oc1ccc(NC(=O)OC(C)(C)C)cc1.C=C(C)C(=O)Oc1cccc(NC(=O)OC(C)(C)C)c1.C=Cc1ccc(NC(=O)OC(C)(C)C)cc1. The third-order valence-corrected chi connectivity index (χ3v) is 5.89. The first-order chi connectivity index (χ1) is 25.7. The van der Waals surface area contributed by atoms with E-state index in [1.165, 1.54) is 6.07 Å². The maximum atomic E-state index is 11.6. The van der Waals surface area contributed by atoms with Gasteiger partial charge in [-0.3, -0.25) is 16.0 Å². The Kier molecular flexibility index (Phi) is 18.3. The minimum atomic E-state index is -0.575. The number of carbonyl (C=O) groups excluding carboxylic acids is 5. The lowest BCUT2D eigenvalue weighted by molar-refractivity contribution is -0.130. The fourth-order valence-electron chi connectivity index (χ4n) is 3.60. The molecule has 13 nitrogen and oxygen atoms in total. The lowest BCUT2D eigenvalue weighted by atomic mass is 10.2. The Morgan fingerprint density at radius 2 is 0.875 bits per heavy atom. The molecule has 0 saturated carbocycles. The average Bonchev–Trinajstić information content (AvgIpc) is 3.04. The van der Waals surface area contributed by atoms with Gasteiger partial charge in [0, 0.05) is 34.3 Å². The smallest absolute Gasteiger partial charge is 0.412 e. The molecule has 0 atom stereocenters. The normalized spacial score (nSPS) is 10.6. The molecule has 0 saturated heterocycles. The Labute approximate surface area is 330 Å². The molecule has 3 aromatic rings. The van der Waals surface area contributed by atoms with Gasteiger partial charge in [0.2, 0.25) is 0 Å². The zero-order valence-corrected chi connectivity index (χ0v) is 34.2. The van der Waals surface area contributed by atoms with Crippen LogP contribution < -0.4 is 25.4 Å². The van der Waals surface area contributed by atoms with E-state index in [9.17, 15) is 24.0 Å². The summed E-state index contributed by atoms with van der Waals surface area (Å²) in [6.45, 7) is 29.9. The number of hydrogen-bond acceptors (Lipinski definition) is 10. The summed E-state index contributed by atoms with van der Waals surface area (Å²) in [5.74, 6) is -0.295. The van der Waals surface area contributed by atoms with E-state index in [0.717, 1.165) is 5.56 Å². The van der Waals surface area contributed by atoms with Crippen molar-refractivity contribution in [2.75, 3.05) is 16.0 Å².